The van der Waals surface area contributed by atoms with Crippen LogP contribution in [0, 0.1) is 0 Å². The Morgan fingerprint density at radius 3 is 1.43 bits per heavy atom. The Morgan fingerprint density at radius 1 is 0.714 bits per heavy atom. The molecular formula is C16H30O5. The number of rotatable bonds is 14. The highest BCUT2D eigenvalue weighted by Crippen LogP contribution is 2.12. The molecule has 5 heteroatoms. The van der Waals surface area contributed by atoms with Crippen molar-refractivity contribution in [2.24, 2.45) is 0 Å². The number of allylic oxidation sites excluding steroid dienone is 2. The Morgan fingerprint density at radius 2 is 1.10 bits per heavy atom. The Kier molecular flexibility index (Phi) is 15.1. The summed E-state index contributed by atoms with van der Waals surface area (Å²) in [4.78, 5) is 0. The molecule has 0 fully saturated rings. The summed E-state index contributed by atoms with van der Waals surface area (Å²) in [7, 11) is 3.24. The van der Waals surface area contributed by atoms with Gasteiger partial charge in [0.2, 0.25) is 0 Å². The molecule has 0 aliphatic rings. The third-order valence-electron chi connectivity index (χ3n) is 2.89. The van der Waals surface area contributed by atoms with E-state index in [0.717, 1.165) is 25.7 Å². The predicted molar refractivity (Wildman–Crippen MR) is 82.8 cm³/mol. The van der Waals surface area contributed by atoms with Crippen molar-refractivity contribution in [3.63, 3.8) is 0 Å². The van der Waals surface area contributed by atoms with Gasteiger partial charge in [0.25, 0.3) is 0 Å². The molecule has 0 amide bonds. The molecule has 0 rings (SSSR count). The van der Waals surface area contributed by atoms with Crippen LogP contribution in [0.25, 0.3) is 0 Å². The van der Waals surface area contributed by atoms with Gasteiger partial charge in [0.05, 0.1) is 0 Å². The summed E-state index contributed by atoms with van der Waals surface area (Å²) in [6.07, 6.45) is 11.9. The average Bonchev–Trinajstić information content (AvgIpc) is 2.51. The van der Waals surface area contributed by atoms with E-state index in [1.54, 1.807) is 14.2 Å². The molecule has 2 atom stereocenters. The van der Waals surface area contributed by atoms with E-state index in [1.165, 1.54) is 0 Å². The zero-order valence-corrected chi connectivity index (χ0v) is 13.2. The zero-order chi connectivity index (χ0) is 15.8. The van der Waals surface area contributed by atoms with E-state index in [-0.39, 0.29) is 25.8 Å². The van der Waals surface area contributed by atoms with Crippen molar-refractivity contribution in [1.82, 2.24) is 0 Å². The maximum Gasteiger partial charge on any atom is 0.160 e. The molecule has 0 aliphatic heterocycles. The summed E-state index contributed by atoms with van der Waals surface area (Å²) >= 11 is 0. The van der Waals surface area contributed by atoms with E-state index in [1.807, 2.05) is 24.3 Å². The minimum Gasteiger partial charge on any atom is -0.396 e. The second kappa shape index (κ2) is 15.7. The van der Waals surface area contributed by atoms with Gasteiger partial charge in [-0.3, -0.25) is 0 Å². The molecular weight excluding hydrogens is 272 g/mol. The lowest BCUT2D eigenvalue weighted by atomic mass is 10.2. The van der Waals surface area contributed by atoms with Crippen molar-refractivity contribution < 1.29 is 24.4 Å². The highest BCUT2D eigenvalue weighted by molar-refractivity contribution is 4.82. The SMILES string of the molecule is COC(CCC=CCCO)OC(CCC=CCCO)OC. The first-order valence-corrected chi connectivity index (χ1v) is 7.51. The first kappa shape index (κ1) is 20.3. The smallest absolute Gasteiger partial charge is 0.160 e. The molecule has 2 unspecified atom stereocenters. The third-order valence-corrected chi connectivity index (χ3v) is 2.89. The number of ether oxygens (including phenoxy) is 3. The monoisotopic (exact) mass is 302 g/mol. The number of hydrogen-bond acceptors (Lipinski definition) is 5. The van der Waals surface area contributed by atoms with Gasteiger partial charge in [0.1, 0.15) is 0 Å². The van der Waals surface area contributed by atoms with E-state index in [2.05, 4.69) is 0 Å². The van der Waals surface area contributed by atoms with E-state index in [4.69, 9.17) is 24.4 Å². The molecule has 0 aromatic rings. The fourth-order valence-corrected chi connectivity index (χ4v) is 1.74. The molecule has 0 heterocycles. The Bertz CT molecular complexity index is 239. The lowest BCUT2D eigenvalue weighted by molar-refractivity contribution is -0.232. The summed E-state index contributed by atoms with van der Waals surface area (Å²) in [5.74, 6) is 0. The van der Waals surface area contributed by atoms with E-state index in [0.29, 0.717) is 12.8 Å². The quantitative estimate of drug-likeness (QED) is 0.381. The maximum absolute atomic E-state index is 8.67. The van der Waals surface area contributed by atoms with Crippen LogP contribution in [-0.2, 0) is 14.2 Å². The van der Waals surface area contributed by atoms with E-state index in [9.17, 15) is 0 Å². The summed E-state index contributed by atoms with van der Waals surface area (Å²) in [5, 5.41) is 17.3. The Labute approximate surface area is 128 Å². The fourth-order valence-electron chi connectivity index (χ4n) is 1.74. The van der Waals surface area contributed by atoms with Crippen LogP contribution in [-0.4, -0.2) is 50.2 Å². The molecule has 0 aromatic heterocycles. The summed E-state index contributed by atoms with van der Waals surface area (Å²) < 4.78 is 16.3. The minimum atomic E-state index is -0.296. The minimum absolute atomic E-state index is 0.177. The van der Waals surface area contributed by atoms with Gasteiger partial charge in [0.15, 0.2) is 12.6 Å². The highest BCUT2D eigenvalue weighted by atomic mass is 16.8. The molecule has 0 saturated heterocycles. The normalized spacial score (nSPS) is 15.0. The standard InChI is InChI=1S/C16H30O5/c1-19-15(11-7-3-5-9-13-17)21-16(20-2)12-8-4-6-10-14-18/h3-6,15-18H,7-14H2,1-2H3. The lowest BCUT2D eigenvalue weighted by Gasteiger charge is -2.22. The highest BCUT2D eigenvalue weighted by Gasteiger charge is 2.14. The van der Waals surface area contributed by atoms with Crippen molar-refractivity contribution in [1.29, 1.82) is 0 Å². The molecule has 0 radical (unpaired) electrons. The third kappa shape index (κ3) is 12.7. The lowest BCUT2D eigenvalue weighted by Crippen LogP contribution is -2.25. The molecule has 5 nitrogen and oxygen atoms in total. The number of hydrogen-bond donors (Lipinski definition) is 2. The van der Waals surface area contributed by atoms with Crippen LogP contribution >= 0.6 is 0 Å². The van der Waals surface area contributed by atoms with Crippen LogP contribution in [0.1, 0.15) is 38.5 Å². The van der Waals surface area contributed by atoms with Gasteiger partial charge < -0.3 is 24.4 Å². The van der Waals surface area contributed by atoms with Crippen LogP contribution in [0.2, 0.25) is 0 Å². The zero-order valence-electron chi connectivity index (χ0n) is 13.2. The first-order chi connectivity index (χ1) is 10.3. The average molecular weight is 302 g/mol. The van der Waals surface area contributed by atoms with Crippen molar-refractivity contribution in [2.75, 3.05) is 27.4 Å². The van der Waals surface area contributed by atoms with Crippen molar-refractivity contribution in [3.05, 3.63) is 24.3 Å². The molecule has 2 N–H and O–H groups in total. The molecule has 0 aliphatic carbocycles. The van der Waals surface area contributed by atoms with Crippen LogP contribution in [0.15, 0.2) is 24.3 Å². The molecule has 0 bridgehead atoms. The van der Waals surface area contributed by atoms with Crippen molar-refractivity contribution in [3.8, 4) is 0 Å². The molecule has 0 saturated carbocycles. The van der Waals surface area contributed by atoms with Crippen molar-refractivity contribution >= 4 is 0 Å². The van der Waals surface area contributed by atoms with Gasteiger partial charge in [-0.05, 0) is 25.7 Å². The molecule has 21 heavy (non-hydrogen) atoms. The van der Waals surface area contributed by atoms with Gasteiger partial charge in [0, 0.05) is 40.3 Å². The summed E-state index contributed by atoms with van der Waals surface area (Å²) in [6.45, 7) is 0.354. The largest absolute Gasteiger partial charge is 0.396 e. The fraction of sp³-hybridized carbons (Fsp3) is 0.750. The number of aliphatic hydroxyl groups excluding tert-OH is 2. The second-order valence-electron chi connectivity index (χ2n) is 4.59. The van der Waals surface area contributed by atoms with Crippen LogP contribution < -0.4 is 0 Å². The topological polar surface area (TPSA) is 68.2 Å². The molecule has 0 aromatic carbocycles. The van der Waals surface area contributed by atoms with Gasteiger partial charge in [-0.15, -0.1) is 0 Å². The summed E-state index contributed by atoms with van der Waals surface area (Å²) in [6, 6.07) is 0. The Balaban J connectivity index is 3.93. The maximum atomic E-state index is 8.67. The van der Waals surface area contributed by atoms with Gasteiger partial charge in [-0.1, -0.05) is 24.3 Å². The van der Waals surface area contributed by atoms with E-state index < -0.39 is 0 Å². The van der Waals surface area contributed by atoms with Crippen LogP contribution in [0.3, 0.4) is 0 Å². The van der Waals surface area contributed by atoms with Crippen LogP contribution in [0.4, 0.5) is 0 Å². The second-order valence-corrected chi connectivity index (χ2v) is 4.59. The Hall–Kier alpha value is -0.720. The predicted octanol–water partition coefficient (Wildman–Crippen LogP) is 2.39. The van der Waals surface area contributed by atoms with Gasteiger partial charge >= 0.3 is 0 Å². The summed E-state index contributed by atoms with van der Waals surface area (Å²) in [5.41, 5.74) is 0. The molecule has 124 valence electrons. The van der Waals surface area contributed by atoms with E-state index >= 15 is 0 Å². The van der Waals surface area contributed by atoms with Crippen LogP contribution in [0.5, 0.6) is 0 Å². The molecule has 0 spiro atoms. The first-order valence-electron chi connectivity index (χ1n) is 7.51. The number of methoxy groups -OCH3 is 2. The number of aliphatic hydroxyl groups is 2. The van der Waals surface area contributed by atoms with Gasteiger partial charge in [-0.25, -0.2) is 0 Å². The van der Waals surface area contributed by atoms with Crippen molar-refractivity contribution in [2.45, 2.75) is 51.1 Å². The van der Waals surface area contributed by atoms with Gasteiger partial charge in [-0.2, -0.15) is 0 Å².